The Kier molecular flexibility index (Phi) is 4.00. The molecule has 1 aromatic carbocycles. The molecule has 0 aliphatic carbocycles. The van der Waals surface area contributed by atoms with Crippen LogP contribution in [0.2, 0.25) is 0 Å². The van der Waals surface area contributed by atoms with Crippen molar-refractivity contribution in [1.82, 2.24) is 0 Å². The molecule has 0 unspecified atom stereocenters. The zero-order chi connectivity index (χ0) is 10.4. The van der Waals surface area contributed by atoms with Crippen LogP contribution in [0.5, 0.6) is 5.75 Å². The number of rotatable bonds is 2. The molecule has 74 valence electrons. The van der Waals surface area contributed by atoms with Crippen LogP contribution in [0.15, 0.2) is 34.5 Å². The first-order chi connectivity index (χ1) is 6.74. The van der Waals surface area contributed by atoms with E-state index < -0.39 is 0 Å². The number of aromatic hydroxyl groups is 1. The lowest BCUT2D eigenvalue weighted by Crippen LogP contribution is -2.03. The summed E-state index contributed by atoms with van der Waals surface area (Å²) in [5, 5.41) is 17.2. The molecular formula is C9H11N3OS. The number of nitrogens with two attached hydrogens (primary N) is 1. The Morgan fingerprint density at radius 3 is 2.86 bits per heavy atom. The second kappa shape index (κ2) is 5.29. The number of hydrogen-bond acceptors (Lipinski definition) is 4. The molecule has 0 aliphatic heterocycles. The molecule has 0 aromatic heterocycles. The summed E-state index contributed by atoms with van der Waals surface area (Å²) in [6, 6.07) is 6.88. The van der Waals surface area contributed by atoms with Gasteiger partial charge >= 0.3 is 0 Å². The van der Waals surface area contributed by atoms with E-state index in [0.29, 0.717) is 10.7 Å². The SMILES string of the molecule is CS/C(N)=N/N=C\c1ccccc1O. The Morgan fingerprint density at radius 2 is 2.21 bits per heavy atom. The van der Waals surface area contributed by atoms with Crippen LogP contribution in [-0.4, -0.2) is 22.7 Å². The van der Waals surface area contributed by atoms with Gasteiger partial charge in [-0.15, -0.1) is 5.10 Å². The average molecular weight is 209 g/mol. The maximum Gasteiger partial charge on any atom is 0.180 e. The average Bonchev–Trinajstić information content (AvgIpc) is 2.20. The Balaban J connectivity index is 2.74. The summed E-state index contributed by atoms with van der Waals surface area (Å²) in [4.78, 5) is 0. The Bertz CT molecular complexity index is 363. The lowest BCUT2D eigenvalue weighted by atomic mass is 10.2. The first-order valence-corrected chi connectivity index (χ1v) is 5.15. The zero-order valence-electron chi connectivity index (χ0n) is 7.71. The van der Waals surface area contributed by atoms with E-state index in [0.717, 1.165) is 0 Å². The van der Waals surface area contributed by atoms with Gasteiger partial charge in [0.05, 0.1) is 6.21 Å². The molecule has 1 aromatic rings. The quantitative estimate of drug-likeness (QED) is 0.439. The molecule has 0 saturated carbocycles. The molecule has 5 heteroatoms. The summed E-state index contributed by atoms with van der Waals surface area (Å²) < 4.78 is 0. The summed E-state index contributed by atoms with van der Waals surface area (Å²) in [5.74, 6) is 0.175. The minimum absolute atomic E-state index is 0.175. The number of nitrogens with zero attached hydrogens (tertiary/aromatic N) is 2. The molecule has 0 radical (unpaired) electrons. The van der Waals surface area contributed by atoms with E-state index in [9.17, 15) is 5.11 Å². The van der Waals surface area contributed by atoms with Crippen LogP contribution in [0.25, 0.3) is 0 Å². The van der Waals surface area contributed by atoms with Crippen LogP contribution in [0, 0.1) is 0 Å². The second-order valence-electron chi connectivity index (χ2n) is 2.45. The second-order valence-corrected chi connectivity index (χ2v) is 3.27. The number of phenols is 1. The van der Waals surface area contributed by atoms with E-state index in [1.165, 1.54) is 18.0 Å². The normalized spacial score (nSPS) is 12.2. The highest BCUT2D eigenvalue weighted by Crippen LogP contribution is 2.12. The Labute approximate surface area is 86.5 Å². The number of amidine groups is 1. The zero-order valence-corrected chi connectivity index (χ0v) is 8.53. The maximum absolute atomic E-state index is 9.36. The molecule has 0 heterocycles. The van der Waals surface area contributed by atoms with Crippen LogP contribution in [-0.2, 0) is 0 Å². The predicted octanol–water partition coefficient (Wildman–Crippen LogP) is 1.40. The number of thioether (sulfide) groups is 1. The highest BCUT2D eigenvalue weighted by Gasteiger charge is 1.93. The van der Waals surface area contributed by atoms with Gasteiger partial charge in [-0.3, -0.25) is 0 Å². The van der Waals surface area contributed by atoms with Gasteiger partial charge in [0.1, 0.15) is 5.75 Å². The number of hydrogen-bond donors (Lipinski definition) is 2. The summed E-state index contributed by atoms with van der Waals surface area (Å²) in [5.41, 5.74) is 6.03. The molecule has 3 N–H and O–H groups in total. The highest BCUT2D eigenvalue weighted by atomic mass is 32.2. The van der Waals surface area contributed by atoms with Gasteiger partial charge in [-0.25, -0.2) is 0 Å². The number of benzene rings is 1. The van der Waals surface area contributed by atoms with Crippen LogP contribution >= 0.6 is 11.8 Å². The van der Waals surface area contributed by atoms with E-state index in [-0.39, 0.29) is 5.75 Å². The first-order valence-electron chi connectivity index (χ1n) is 3.92. The van der Waals surface area contributed by atoms with E-state index in [2.05, 4.69) is 10.2 Å². The summed E-state index contributed by atoms with van der Waals surface area (Å²) in [6.07, 6.45) is 3.27. The van der Waals surface area contributed by atoms with Gasteiger partial charge in [0.2, 0.25) is 0 Å². The summed E-state index contributed by atoms with van der Waals surface area (Å²) >= 11 is 1.32. The van der Waals surface area contributed by atoms with Crippen LogP contribution < -0.4 is 5.73 Å². The van der Waals surface area contributed by atoms with E-state index >= 15 is 0 Å². The van der Waals surface area contributed by atoms with E-state index in [1.807, 2.05) is 12.3 Å². The first kappa shape index (κ1) is 10.6. The third-order valence-electron chi connectivity index (χ3n) is 1.50. The molecule has 14 heavy (non-hydrogen) atoms. The van der Waals surface area contributed by atoms with Crippen molar-refractivity contribution in [2.45, 2.75) is 0 Å². The van der Waals surface area contributed by atoms with Crippen molar-refractivity contribution in [3.63, 3.8) is 0 Å². The monoisotopic (exact) mass is 209 g/mol. The van der Waals surface area contributed by atoms with Crippen molar-refractivity contribution >= 4 is 23.1 Å². The largest absolute Gasteiger partial charge is 0.507 e. The van der Waals surface area contributed by atoms with Crippen molar-refractivity contribution < 1.29 is 5.11 Å². The molecule has 0 saturated heterocycles. The van der Waals surface area contributed by atoms with Crippen molar-refractivity contribution in [3.05, 3.63) is 29.8 Å². The van der Waals surface area contributed by atoms with Crippen LogP contribution in [0.1, 0.15) is 5.56 Å². The predicted molar refractivity (Wildman–Crippen MR) is 60.8 cm³/mol. The van der Waals surface area contributed by atoms with Crippen LogP contribution in [0.4, 0.5) is 0 Å². The molecule has 0 aliphatic rings. The lowest BCUT2D eigenvalue weighted by molar-refractivity contribution is 0.474. The smallest absolute Gasteiger partial charge is 0.180 e. The number of phenolic OH excluding ortho intramolecular Hbond substituents is 1. The third-order valence-corrected chi connectivity index (χ3v) is 2.00. The maximum atomic E-state index is 9.36. The van der Waals surface area contributed by atoms with Gasteiger partial charge in [0.15, 0.2) is 5.17 Å². The van der Waals surface area contributed by atoms with Gasteiger partial charge in [-0.05, 0) is 18.4 Å². The molecule has 0 atom stereocenters. The van der Waals surface area contributed by atoms with Gasteiger partial charge in [0, 0.05) is 5.56 Å². The van der Waals surface area contributed by atoms with Crippen molar-refractivity contribution in [2.24, 2.45) is 15.9 Å². The fourth-order valence-corrected chi connectivity index (χ4v) is 0.914. The molecule has 1 rings (SSSR count). The van der Waals surface area contributed by atoms with Crippen molar-refractivity contribution in [1.29, 1.82) is 0 Å². The Hall–Kier alpha value is -1.49. The Morgan fingerprint density at radius 1 is 1.50 bits per heavy atom. The standard InChI is InChI=1S/C9H11N3OS/c1-14-9(10)12-11-6-7-4-2-3-5-8(7)13/h2-6,13H,1H3,(H2,10,12)/b11-6-. The van der Waals surface area contributed by atoms with Gasteiger partial charge in [-0.1, -0.05) is 23.9 Å². The van der Waals surface area contributed by atoms with Gasteiger partial charge in [-0.2, -0.15) is 5.10 Å². The van der Waals surface area contributed by atoms with E-state index in [1.54, 1.807) is 18.2 Å². The topological polar surface area (TPSA) is 71.0 Å². The molecule has 0 amide bonds. The third kappa shape index (κ3) is 3.10. The summed E-state index contributed by atoms with van der Waals surface area (Å²) in [6.45, 7) is 0. The minimum Gasteiger partial charge on any atom is -0.507 e. The molecular weight excluding hydrogens is 198 g/mol. The minimum atomic E-state index is 0.175. The fraction of sp³-hybridized carbons (Fsp3) is 0.111. The highest BCUT2D eigenvalue weighted by molar-refractivity contribution is 8.13. The number of para-hydroxylation sites is 1. The summed E-state index contributed by atoms with van der Waals surface area (Å²) in [7, 11) is 0. The van der Waals surface area contributed by atoms with E-state index in [4.69, 9.17) is 5.73 Å². The molecule has 0 spiro atoms. The lowest BCUT2D eigenvalue weighted by Gasteiger charge is -1.94. The molecule has 0 fully saturated rings. The van der Waals surface area contributed by atoms with Gasteiger partial charge in [0.25, 0.3) is 0 Å². The van der Waals surface area contributed by atoms with Crippen molar-refractivity contribution in [3.8, 4) is 5.75 Å². The van der Waals surface area contributed by atoms with Gasteiger partial charge < -0.3 is 10.8 Å². The van der Waals surface area contributed by atoms with Crippen LogP contribution in [0.3, 0.4) is 0 Å². The molecule has 0 bridgehead atoms. The molecule has 4 nitrogen and oxygen atoms in total. The van der Waals surface area contributed by atoms with Crippen molar-refractivity contribution in [2.75, 3.05) is 6.26 Å². The fourth-order valence-electron chi connectivity index (χ4n) is 0.785.